The van der Waals surface area contributed by atoms with Gasteiger partial charge < -0.3 is 20.0 Å². The van der Waals surface area contributed by atoms with Gasteiger partial charge in [-0.15, -0.1) is 0 Å². The molecule has 0 saturated carbocycles. The summed E-state index contributed by atoms with van der Waals surface area (Å²) in [4.78, 5) is 26.6. The van der Waals surface area contributed by atoms with Gasteiger partial charge in [0.1, 0.15) is 18.0 Å². The Hall–Kier alpha value is -2.83. The van der Waals surface area contributed by atoms with E-state index in [-0.39, 0.29) is 5.91 Å². The van der Waals surface area contributed by atoms with E-state index >= 15 is 0 Å². The van der Waals surface area contributed by atoms with Crippen LogP contribution in [0.1, 0.15) is 20.8 Å². The number of piperazine rings is 1. The third kappa shape index (κ3) is 4.67. The summed E-state index contributed by atoms with van der Waals surface area (Å²) < 4.78 is 0. The number of aromatic nitrogens is 2. The van der Waals surface area contributed by atoms with Gasteiger partial charge in [0.25, 0.3) is 0 Å². The van der Waals surface area contributed by atoms with Crippen LogP contribution in [-0.4, -0.2) is 60.0 Å². The summed E-state index contributed by atoms with van der Waals surface area (Å²) in [5.41, 5.74) is 2.22. The van der Waals surface area contributed by atoms with Crippen LogP contribution in [0.15, 0.2) is 36.7 Å². The van der Waals surface area contributed by atoms with E-state index in [1.165, 1.54) is 5.69 Å². The van der Waals surface area contributed by atoms with Gasteiger partial charge in [0.15, 0.2) is 0 Å². The number of hydrogen-bond acceptors (Lipinski definition) is 6. The number of rotatable bonds is 6. The Morgan fingerprint density at radius 2 is 1.74 bits per heavy atom. The topological polar surface area (TPSA) is 64.6 Å². The molecule has 3 rings (SSSR count). The molecule has 144 valence electrons. The van der Waals surface area contributed by atoms with E-state index in [9.17, 15) is 4.79 Å². The van der Waals surface area contributed by atoms with Gasteiger partial charge in [-0.2, -0.15) is 0 Å². The Morgan fingerprint density at radius 3 is 2.33 bits per heavy atom. The van der Waals surface area contributed by atoms with E-state index in [1.807, 2.05) is 11.0 Å². The fourth-order valence-electron chi connectivity index (χ4n) is 3.33. The number of carbonyl (C=O) groups excluding carboxylic acids is 1. The van der Waals surface area contributed by atoms with Gasteiger partial charge in [0.05, 0.1) is 0 Å². The average molecular weight is 368 g/mol. The quantitative estimate of drug-likeness (QED) is 0.846. The van der Waals surface area contributed by atoms with Crippen molar-refractivity contribution >= 4 is 28.9 Å². The van der Waals surface area contributed by atoms with Crippen molar-refractivity contribution < 1.29 is 4.79 Å². The highest BCUT2D eigenvalue weighted by Crippen LogP contribution is 2.22. The van der Waals surface area contributed by atoms with Crippen molar-refractivity contribution in [2.24, 2.45) is 0 Å². The zero-order valence-electron chi connectivity index (χ0n) is 16.4. The Labute approximate surface area is 161 Å². The van der Waals surface area contributed by atoms with Crippen molar-refractivity contribution in [3.05, 3.63) is 36.7 Å². The molecule has 1 aliphatic heterocycles. The summed E-state index contributed by atoms with van der Waals surface area (Å²) in [6.07, 6.45) is 1.58. The van der Waals surface area contributed by atoms with E-state index in [4.69, 9.17) is 0 Å². The summed E-state index contributed by atoms with van der Waals surface area (Å²) in [6, 6.07) is 10.3. The molecule has 0 bridgehead atoms. The summed E-state index contributed by atoms with van der Waals surface area (Å²) in [5.74, 6) is 1.79. The molecule has 0 aliphatic carbocycles. The molecular formula is C20H28N6O. The Morgan fingerprint density at radius 1 is 1.07 bits per heavy atom. The second-order valence-corrected chi connectivity index (χ2v) is 6.60. The summed E-state index contributed by atoms with van der Waals surface area (Å²) in [7, 11) is 0. The second kappa shape index (κ2) is 8.70. The molecule has 27 heavy (non-hydrogen) atoms. The normalized spacial score (nSPS) is 14.2. The summed E-state index contributed by atoms with van der Waals surface area (Å²) in [6.45, 7) is 11.0. The standard InChI is InChI=1S/C20H28N6O/c1-4-24(5-2)18-8-6-17(7-9-18)23-19-14-20(22-15-21-19)26-12-10-25(11-13-26)16(3)27/h6-9,14-15H,4-5,10-13H2,1-3H3,(H,21,22,23). The number of hydrogen-bond donors (Lipinski definition) is 1. The van der Waals surface area contributed by atoms with Crippen LogP contribution < -0.4 is 15.1 Å². The third-order valence-electron chi connectivity index (χ3n) is 4.97. The molecule has 0 radical (unpaired) electrons. The van der Waals surface area contributed by atoms with E-state index in [0.29, 0.717) is 0 Å². The van der Waals surface area contributed by atoms with Crippen molar-refractivity contribution in [3.63, 3.8) is 0 Å². The highest BCUT2D eigenvalue weighted by atomic mass is 16.2. The van der Waals surface area contributed by atoms with Crippen LogP contribution in [0.4, 0.5) is 23.0 Å². The summed E-state index contributed by atoms with van der Waals surface area (Å²) >= 11 is 0. The maximum Gasteiger partial charge on any atom is 0.219 e. The first kappa shape index (κ1) is 18.9. The second-order valence-electron chi connectivity index (χ2n) is 6.60. The SMILES string of the molecule is CCN(CC)c1ccc(Nc2cc(N3CCN(C(C)=O)CC3)ncn2)cc1. The first-order valence-corrected chi connectivity index (χ1v) is 9.55. The van der Waals surface area contributed by atoms with Crippen LogP contribution in [0.25, 0.3) is 0 Å². The minimum atomic E-state index is 0.132. The third-order valence-corrected chi connectivity index (χ3v) is 4.97. The van der Waals surface area contributed by atoms with E-state index in [2.05, 4.69) is 63.2 Å². The van der Waals surface area contributed by atoms with Crippen LogP contribution in [0, 0.1) is 0 Å². The van der Waals surface area contributed by atoms with E-state index in [0.717, 1.165) is 56.6 Å². The number of anilines is 4. The molecule has 1 saturated heterocycles. The van der Waals surface area contributed by atoms with Crippen molar-refractivity contribution in [2.45, 2.75) is 20.8 Å². The molecule has 0 spiro atoms. The molecule has 1 aromatic carbocycles. The molecule has 2 aromatic rings. The fraction of sp³-hybridized carbons (Fsp3) is 0.450. The lowest BCUT2D eigenvalue weighted by atomic mass is 10.2. The first-order valence-electron chi connectivity index (χ1n) is 9.55. The molecule has 0 atom stereocenters. The molecule has 7 nitrogen and oxygen atoms in total. The van der Waals surface area contributed by atoms with E-state index < -0.39 is 0 Å². The predicted molar refractivity (Wildman–Crippen MR) is 110 cm³/mol. The van der Waals surface area contributed by atoms with Crippen LogP contribution in [-0.2, 0) is 4.79 Å². The molecule has 1 aromatic heterocycles. The molecule has 0 unspecified atom stereocenters. The Balaban J connectivity index is 1.65. The van der Waals surface area contributed by atoms with Crippen molar-refractivity contribution in [1.82, 2.24) is 14.9 Å². The molecule has 1 amide bonds. The number of benzene rings is 1. The predicted octanol–water partition coefficient (Wildman–Crippen LogP) is 2.73. The van der Waals surface area contributed by atoms with Gasteiger partial charge in [-0.25, -0.2) is 9.97 Å². The Kier molecular flexibility index (Phi) is 6.11. The zero-order chi connectivity index (χ0) is 19.2. The van der Waals surface area contributed by atoms with Gasteiger partial charge in [-0.05, 0) is 38.1 Å². The zero-order valence-corrected chi connectivity index (χ0v) is 16.4. The van der Waals surface area contributed by atoms with Gasteiger partial charge in [-0.1, -0.05) is 0 Å². The minimum absolute atomic E-state index is 0.132. The van der Waals surface area contributed by atoms with Crippen LogP contribution in [0.5, 0.6) is 0 Å². The highest BCUT2D eigenvalue weighted by molar-refractivity contribution is 5.73. The lowest BCUT2D eigenvalue weighted by Crippen LogP contribution is -2.48. The smallest absolute Gasteiger partial charge is 0.219 e. The lowest BCUT2D eigenvalue weighted by molar-refractivity contribution is -0.129. The van der Waals surface area contributed by atoms with Gasteiger partial charge >= 0.3 is 0 Å². The Bertz CT molecular complexity index is 751. The van der Waals surface area contributed by atoms with Crippen LogP contribution >= 0.6 is 0 Å². The minimum Gasteiger partial charge on any atom is -0.372 e. The molecule has 7 heteroatoms. The summed E-state index contributed by atoms with van der Waals surface area (Å²) in [5, 5.41) is 3.35. The number of carbonyl (C=O) groups is 1. The highest BCUT2D eigenvalue weighted by Gasteiger charge is 2.19. The molecule has 1 aliphatic rings. The van der Waals surface area contributed by atoms with Gasteiger partial charge in [-0.3, -0.25) is 4.79 Å². The monoisotopic (exact) mass is 368 g/mol. The fourth-order valence-corrected chi connectivity index (χ4v) is 3.33. The maximum atomic E-state index is 11.5. The van der Waals surface area contributed by atoms with Crippen molar-refractivity contribution in [1.29, 1.82) is 0 Å². The van der Waals surface area contributed by atoms with Gasteiger partial charge in [0, 0.05) is 63.6 Å². The number of nitrogens with one attached hydrogen (secondary N) is 1. The number of nitrogens with zero attached hydrogens (tertiary/aromatic N) is 5. The maximum absolute atomic E-state index is 11.5. The lowest BCUT2D eigenvalue weighted by Gasteiger charge is -2.34. The first-order chi connectivity index (χ1) is 13.1. The molecule has 1 fully saturated rings. The largest absolute Gasteiger partial charge is 0.372 e. The van der Waals surface area contributed by atoms with Crippen LogP contribution in [0.3, 0.4) is 0 Å². The molecule has 1 N–H and O–H groups in total. The average Bonchev–Trinajstić information content (AvgIpc) is 2.70. The number of amides is 1. The van der Waals surface area contributed by atoms with E-state index in [1.54, 1.807) is 13.3 Å². The van der Waals surface area contributed by atoms with Crippen molar-refractivity contribution in [2.75, 3.05) is 54.4 Å². The van der Waals surface area contributed by atoms with Crippen molar-refractivity contribution in [3.8, 4) is 0 Å². The van der Waals surface area contributed by atoms with Gasteiger partial charge in [0.2, 0.25) is 5.91 Å². The molecule has 2 heterocycles. The molecular weight excluding hydrogens is 340 g/mol. The van der Waals surface area contributed by atoms with Crippen LogP contribution in [0.2, 0.25) is 0 Å².